The fourth-order valence-electron chi connectivity index (χ4n) is 3.04. The number of nitrogens with two attached hydrogens (primary N) is 1. The van der Waals surface area contributed by atoms with Crippen molar-refractivity contribution >= 4 is 5.69 Å². The van der Waals surface area contributed by atoms with E-state index in [1.807, 2.05) is 0 Å². The summed E-state index contributed by atoms with van der Waals surface area (Å²) >= 11 is 0. The Morgan fingerprint density at radius 3 is 2.80 bits per heavy atom. The Morgan fingerprint density at radius 2 is 2.00 bits per heavy atom. The summed E-state index contributed by atoms with van der Waals surface area (Å²) in [5.41, 5.74) is 12.5. The van der Waals surface area contributed by atoms with Crippen LogP contribution in [-0.2, 0) is 19.5 Å². The number of para-hydroxylation sites is 1. The van der Waals surface area contributed by atoms with Crippen molar-refractivity contribution in [1.29, 1.82) is 0 Å². The maximum absolute atomic E-state index is 5.71. The Kier molecular flexibility index (Phi) is 3.75. The third-order valence-corrected chi connectivity index (χ3v) is 4.21. The molecule has 20 heavy (non-hydrogen) atoms. The third kappa shape index (κ3) is 2.56. The Labute approximate surface area is 121 Å². The van der Waals surface area contributed by atoms with E-state index in [1.165, 1.54) is 40.8 Å². The molecule has 0 unspecified atom stereocenters. The zero-order chi connectivity index (χ0) is 13.9. The van der Waals surface area contributed by atoms with Crippen molar-refractivity contribution in [2.24, 2.45) is 5.73 Å². The van der Waals surface area contributed by atoms with Gasteiger partial charge in [0.25, 0.3) is 0 Å². The van der Waals surface area contributed by atoms with E-state index in [-0.39, 0.29) is 0 Å². The largest absolute Gasteiger partial charge is 0.367 e. The van der Waals surface area contributed by atoms with Crippen LogP contribution < -0.4 is 10.6 Å². The first-order valence-electron chi connectivity index (χ1n) is 7.39. The molecule has 0 fully saturated rings. The first kappa shape index (κ1) is 13.2. The Hall–Kier alpha value is -1.80. The van der Waals surface area contributed by atoms with Crippen LogP contribution in [0.3, 0.4) is 0 Å². The minimum absolute atomic E-state index is 0.619. The number of nitrogens with zero attached hydrogens (tertiary/aromatic N) is 1. The maximum atomic E-state index is 5.71. The van der Waals surface area contributed by atoms with E-state index in [4.69, 9.17) is 5.73 Å². The van der Waals surface area contributed by atoms with Crippen LogP contribution in [0.15, 0.2) is 42.5 Å². The van der Waals surface area contributed by atoms with Crippen LogP contribution in [0.4, 0.5) is 5.69 Å². The lowest BCUT2D eigenvalue weighted by Crippen LogP contribution is -2.29. The standard InChI is InChI=1S/C18H22N2/c1-14-11-15(12-19)8-9-17(14)13-20-10-4-6-16-5-2-3-7-18(16)20/h2-3,5,7-9,11H,4,6,10,12-13,19H2,1H3. The van der Waals surface area contributed by atoms with Gasteiger partial charge in [-0.05, 0) is 48.1 Å². The minimum Gasteiger partial charge on any atom is -0.367 e. The molecule has 0 spiro atoms. The van der Waals surface area contributed by atoms with Gasteiger partial charge in [-0.1, -0.05) is 36.4 Å². The number of aryl methyl sites for hydroxylation is 2. The number of anilines is 1. The summed E-state index contributed by atoms with van der Waals surface area (Å²) < 4.78 is 0. The van der Waals surface area contributed by atoms with E-state index in [2.05, 4.69) is 54.3 Å². The van der Waals surface area contributed by atoms with Gasteiger partial charge in [0.2, 0.25) is 0 Å². The monoisotopic (exact) mass is 266 g/mol. The quantitative estimate of drug-likeness (QED) is 0.922. The van der Waals surface area contributed by atoms with Gasteiger partial charge in [-0.2, -0.15) is 0 Å². The summed E-state index contributed by atoms with van der Waals surface area (Å²) in [7, 11) is 0. The molecule has 0 amide bonds. The number of benzene rings is 2. The predicted molar refractivity (Wildman–Crippen MR) is 84.9 cm³/mol. The molecule has 2 heteroatoms. The minimum atomic E-state index is 0.619. The normalized spacial score (nSPS) is 14.2. The van der Waals surface area contributed by atoms with E-state index in [9.17, 15) is 0 Å². The lowest BCUT2D eigenvalue weighted by atomic mass is 9.99. The Bertz CT molecular complexity index is 604. The zero-order valence-corrected chi connectivity index (χ0v) is 12.1. The molecule has 0 atom stereocenters. The summed E-state index contributed by atoms with van der Waals surface area (Å²) in [5.74, 6) is 0. The van der Waals surface area contributed by atoms with Gasteiger partial charge in [0.15, 0.2) is 0 Å². The molecule has 1 aliphatic heterocycles. The molecule has 2 aromatic rings. The van der Waals surface area contributed by atoms with Gasteiger partial charge in [0, 0.05) is 25.3 Å². The van der Waals surface area contributed by atoms with Crippen LogP contribution in [0.25, 0.3) is 0 Å². The second-order valence-corrected chi connectivity index (χ2v) is 5.62. The lowest BCUT2D eigenvalue weighted by molar-refractivity contribution is 0.689. The predicted octanol–water partition coefficient (Wildman–Crippen LogP) is 3.41. The molecular formula is C18H22N2. The van der Waals surface area contributed by atoms with Gasteiger partial charge in [-0.3, -0.25) is 0 Å². The average Bonchev–Trinajstić information content (AvgIpc) is 2.49. The van der Waals surface area contributed by atoms with Crippen molar-refractivity contribution in [2.75, 3.05) is 11.4 Å². The molecule has 104 valence electrons. The van der Waals surface area contributed by atoms with E-state index in [1.54, 1.807) is 0 Å². The number of hydrogen-bond donors (Lipinski definition) is 1. The smallest absolute Gasteiger partial charge is 0.0432 e. The molecule has 2 aromatic carbocycles. The summed E-state index contributed by atoms with van der Waals surface area (Å²) in [4.78, 5) is 2.50. The molecule has 1 heterocycles. The fourth-order valence-corrected chi connectivity index (χ4v) is 3.04. The van der Waals surface area contributed by atoms with Gasteiger partial charge in [-0.15, -0.1) is 0 Å². The van der Waals surface area contributed by atoms with Crippen molar-refractivity contribution in [3.8, 4) is 0 Å². The first-order chi connectivity index (χ1) is 9.78. The molecule has 2 N–H and O–H groups in total. The molecule has 0 bridgehead atoms. The molecule has 3 rings (SSSR count). The summed E-state index contributed by atoms with van der Waals surface area (Å²) in [6.45, 7) is 4.95. The van der Waals surface area contributed by atoms with Crippen LogP contribution in [0.2, 0.25) is 0 Å². The summed E-state index contributed by atoms with van der Waals surface area (Å²) in [5, 5.41) is 0. The first-order valence-corrected chi connectivity index (χ1v) is 7.39. The molecule has 0 radical (unpaired) electrons. The molecule has 0 aliphatic carbocycles. The number of fused-ring (bicyclic) bond motifs is 1. The van der Waals surface area contributed by atoms with Crippen LogP contribution in [0, 0.1) is 6.92 Å². The van der Waals surface area contributed by atoms with Crippen molar-refractivity contribution in [2.45, 2.75) is 32.9 Å². The van der Waals surface area contributed by atoms with Gasteiger partial charge in [-0.25, -0.2) is 0 Å². The van der Waals surface area contributed by atoms with E-state index in [0.717, 1.165) is 13.1 Å². The number of hydrogen-bond acceptors (Lipinski definition) is 2. The van der Waals surface area contributed by atoms with Crippen molar-refractivity contribution in [3.05, 3.63) is 64.7 Å². The highest BCUT2D eigenvalue weighted by molar-refractivity contribution is 5.56. The van der Waals surface area contributed by atoms with E-state index in [0.29, 0.717) is 6.54 Å². The highest BCUT2D eigenvalue weighted by atomic mass is 15.1. The fraction of sp³-hybridized carbons (Fsp3) is 0.333. The third-order valence-electron chi connectivity index (χ3n) is 4.21. The Morgan fingerprint density at radius 1 is 1.15 bits per heavy atom. The number of rotatable bonds is 3. The maximum Gasteiger partial charge on any atom is 0.0432 e. The highest BCUT2D eigenvalue weighted by Crippen LogP contribution is 2.28. The summed E-state index contributed by atoms with van der Waals surface area (Å²) in [6.07, 6.45) is 2.45. The molecular weight excluding hydrogens is 244 g/mol. The average molecular weight is 266 g/mol. The van der Waals surface area contributed by atoms with E-state index >= 15 is 0 Å². The van der Waals surface area contributed by atoms with Crippen molar-refractivity contribution in [1.82, 2.24) is 0 Å². The highest BCUT2D eigenvalue weighted by Gasteiger charge is 2.16. The SMILES string of the molecule is Cc1cc(CN)ccc1CN1CCCc2ccccc21. The molecule has 0 saturated carbocycles. The van der Waals surface area contributed by atoms with Crippen LogP contribution in [0.5, 0.6) is 0 Å². The van der Waals surface area contributed by atoms with Gasteiger partial charge < -0.3 is 10.6 Å². The van der Waals surface area contributed by atoms with Crippen molar-refractivity contribution in [3.63, 3.8) is 0 Å². The van der Waals surface area contributed by atoms with Crippen molar-refractivity contribution < 1.29 is 0 Å². The zero-order valence-electron chi connectivity index (χ0n) is 12.1. The van der Waals surface area contributed by atoms with Crippen LogP contribution in [-0.4, -0.2) is 6.54 Å². The topological polar surface area (TPSA) is 29.3 Å². The molecule has 0 aromatic heterocycles. The Balaban J connectivity index is 1.85. The lowest BCUT2D eigenvalue weighted by Gasteiger charge is -2.31. The van der Waals surface area contributed by atoms with E-state index < -0.39 is 0 Å². The van der Waals surface area contributed by atoms with Crippen LogP contribution >= 0.6 is 0 Å². The molecule has 1 aliphatic rings. The van der Waals surface area contributed by atoms with Gasteiger partial charge in [0.05, 0.1) is 0 Å². The second kappa shape index (κ2) is 5.68. The second-order valence-electron chi connectivity index (χ2n) is 5.62. The summed E-state index contributed by atoms with van der Waals surface area (Å²) in [6, 6.07) is 15.4. The van der Waals surface area contributed by atoms with Crippen LogP contribution in [0.1, 0.15) is 28.7 Å². The van der Waals surface area contributed by atoms with Gasteiger partial charge in [0.1, 0.15) is 0 Å². The molecule has 2 nitrogen and oxygen atoms in total. The molecule has 0 saturated heterocycles. The van der Waals surface area contributed by atoms with Gasteiger partial charge >= 0.3 is 0 Å².